The minimum atomic E-state index is -0.499. The lowest BCUT2D eigenvalue weighted by Gasteiger charge is -2.14. The van der Waals surface area contributed by atoms with E-state index in [-0.39, 0.29) is 12.5 Å². The van der Waals surface area contributed by atoms with Crippen molar-refractivity contribution in [2.24, 2.45) is 5.92 Å². The number of aromatic nitrogens is 2. The molecule has 0 bridgehead atoms. The fourth-order valence-electron chi connectivity index (χ4n) is 2.07. The van der Waals surface area contributed by atoms with E-state index < -0.39 is 6.10 Å². The first-order valence-corrected chi connectivity index (χ1v) is 7.39. The Hall–Kier alpha value is -1.36. The van der Waals surface area contributed by atoms with Gasteiger partial charge in [-0.25, -0.2) is 0 Å². The molecule has 1 aromatic heterocycles. The van der Waals surface area contributed by atoms with Crippen molar-refractivity contribution in [3.63, 3.8) is 0 Å². The Balaban J connectivity index is 2.67. The number of amides is 1. The fraction of sp³-hybridized carbons (Fsp3) is 0.733. The maximum Gasteiger partial charge on any atom is 0.269 e. The van der Waals surface area contributed by atoms with Crippen LogP contribution in [0, 0.1) is 5.92 Å². The molecule has 0 aliphatic carbocycles. The molecule has 0 aromatic carbocycles. The molecule has 1 amide bonds. The predicted octanol–water partition coefficient (Wildman–Crippen LogP) is 2.16. The number of carbonyl (C=O) groups excluding carboxylic acids is 1. The third-order valence-electron chi connectivity index (χ3n) is 3.16. The average Bonchev–Trinajstić information content (AvgIpc) is 2.79. The number of carbonyl (C=O) groups is 1. The molecule has 0 fully saturated rings. The van der Waals surface area contributed by atoms with Gasteiger partial charge in [0.15, 0.2) is 0 Å². The Morgan fingerprint density at radius 1 is 1.40 bits per heavy atom. The molecule has 0 spiro atoms. The molecule has 1 unspecified atom stereocenters. The SMILES string of the molecule is CCn1nc(C(C)C)cc1C(=O)NCC(O)CC(C)C. The first kappa shape index (κ1) is 16.7. The van der Waals surface area contributed by atoms with E-state index in [1.54, 1.807) is 4.68 Å². The number of nitrogens with zero attached hydrogens (tertiary/aromatic N) is 2. The molecule has 5 heteroatoms. The van der Waals surface area contributed by atoms with Gasteiger partial charge >= 0.3 is 0 Å². The zero-order valence-electron chi connectivity index (χ0n) is 13.2. The number of rotatable bonds is 7. The first-order valence-electron chi connectivity index (χ1n) is 7.39. The average molecular weight is 281 g/mol. The second-order valence-electron chi connectivity index (χ2n) is 5.92. The summed E-state index contributed by atoms with van der Waals surface area (Å²) in [6.07, 6.45) is 0.186. The minimum absolute atomic E-state index is 0.172. The summed E-state index contributed by atoms with van der Waals surface area (Å²) in [6, 6.07) is 1.83. The monoisotopic (exact) mass is 281 g/mol. The molecule has 0 aliphatic rings. The van der Waals surface area contributed by atoms with Crippen LogP contribution in [0.3, 0.4) is 0 Å². The summed E-state index contributed by atoms with van der Waals surface area (Å²) in [5.74, 6) is 0.533. The largest absolute Gasteiger partial charge is 0.391 e. The van der Waals surface area contributed by atoms with Crippen LogP contribution in [0.15, 0.2) is 6.07 Å². The number of aliphatic hydroxyl groups is 1. The maximum atomic E-state index is 12.2. The molecule has 0 radical (unpaired) electrons. The summed E-state index contributed by atoms with van der Waals surface area (Å²) in [4.78, 5) is 12.2. The maximum absolute atomic E-state index is 12.2. The molecule has 2 N–H and O–H groups in total. The van der Waals surface area contributed by atoms with Gasteiger partial charge < -0.3 is 10.4 Å². The second-order valence-corrected chi connectivity index (χ2v) is 5.92. The van der Waals surface area contributed by atoms with Crippen LogP contribution >= 0.6 is 0 Å². The normalized spacial score (nSPS) is 13.0. The van der Waals surface area contributed by atoms with Gasteiger partial charge in [-0.3, -0.25) is 9.48 Å². The summed E-state index contributed by atoms with van der Waals surface area (Å²) in [7, 11) is 0. The molecular weight excluding hydrogens is 254 g/mol. The lowest BCUT2D eigenvalue weighted by atomic mass is 10.1. The summed E-state index contributed by atoms with van der Waals surface area (Å²) in [5.41, 5.74) is 1.48. The zero-order chi connectivity index (χ0) is 15.3. The Kier molecular flexibility index (Phi) is 6.20. The van der Waals surface area contributed by atoms with Crippen molar-refractivity contribution < 1.29 is 9.90 Å². The van der Waals surface area contributed by atoms with Crippen molar-refractivity contribution in [1.29, 1.82) is 0 Å². The van der Waals surface area contributed by atoms with Crippen LogP contribution in [0.4, 0.5) is 0 Å². The predicted molar refractivity (Wildman–Crippen MR) is 79.8 cm³/mol. The van der Waals surface area contributed by atoms with E-state index in [0.717, 1.165) is 5.69 Å². The van der Waals surface area contributed by atoms with Gasteiger partial charge in [-0.1, -0.05) is 27.7 Å². The van der Waals surface area contributed by atoms with Crippen molar-refractivity contribution in [3.8, 4) is 0 Å². The molecular formula is C15H27N3O2. The van der Waals surface area contributed by atoms with Crippen LogP contribution in [0.2, 0.25) is 0 Å². The Labute approximate surface area is 121 Å². The van der Waals surface area contributed by atoms with Crippen LogP contribution < -0.4 is 5.32 Å². The lowest BCUT2D eigenvalue weighted by molar-refractivity contribution is 0.0890. The molecule has 0 saturated carbocycles. The van der Waals surface area contributed by atoms with Crippen LogP contribution in [0.25, 0.3) is 0 Å². The summed E-state index contributed by atoms with van der Waals surface area (Å²) in [6.45, 7) is 11.1. The first-order chi connectivity index (χ1) is 9.35. The highest BCUT2D eigenvalue weighted by Gasteiger charge is 2.17. The van der Waals surface area contributed by atoms with Crippen molar-refractivity contribution in [2.45, 2.75) is 59.6 Å². The second kappa shape index (κ2) is 7.43. The smallest absolute Gasteiger partial charge is 0.269 e. The molecule has 1 heterocycles. The van der Waals surface area contributed by atoms with Gasteiger partial charge in [0.05, 0.1) is 11.8 Å². The Morgan fingerprint density at radius 2 is 2.05 bits per heavy atom. The molecule has 1 rings (SSSR count). The molecule has 20 heavy (non-hydrogen) atoms. The Bertz CT molecular complexity index is 438. The van der Waals surface area contributed by atoms with E-state index >= 15 is 0 Å². The van der Waals surface area contributed by atoms with E-state index in [4.69, 9.17) is 0 Å². The van der Waals surface area contributed by atoms with Crippen LogP contribution in [-0.2, 0) is 6.54 Å². The van der Waals surface area contributed by atoms with Crippen LogP contribution in [0.1, 0.15) is 63.1 Å². The molecule has 1 aromatic rings. The topological polar surface area (TPSA) is 67.2 Å². The number of aliphatic hydroxyl groups excluding tert-OH is 1. The molecule has 114 valence electrons. The van der Waals surface area contributed by atoms with Gasteiger partial charge in [0.25, 0.3) is 5.91 Å². The van der Waals surface area contributed by atoms with Crippen molar-refractivity contribution in [1.82, 2.24) is 15.1 Å². The van der Waals surface area contributed by atoms with Gasteiger partial charge in [-0.15, -0.1) is 0 Å². The van der Waals surface area contributed by atoms with E-state index in [2.05, 4.69) is 24.3 Å². The number of hydrogen-bond acceptors (Lipinski definition) is 3. The molecule has 1 atom stereocenters. The quantitative estimate of drug-likeness (QED) is 0.805. The highest BCUT2D eigenvalue weighted by Crippen LogP contribution is 2.14. The van der Waals surface area contributed by atoms with Crippen LogP contribution in [-0.4, -0.2) is 33.4 Å². The standard InChI is InChI=1S/C15H27N3O2/c1-6-18-14(8-13(17-18)11(4)5)15(20)16-9-12(19)7-10(2)3/h8,10-12,19H,6-7,9H2,1-5H3,(H,16,20). The van der Waals surface area contributed by atoms with Crippen molar-refractivity contribution in [3.05, 3.63) is 17.5 Å². The van der Waals surface area contributed by atoms with Gasteiger partial charge in [-0.05, 0) is 31.2 Å². The third-order valence-corrected chi connectivity index (χ3v) is 3.16. The van der Waals surface area contributed by atoms with E-state index in [0.29, 0.717) is 30.5 Å². The highest BCUT2D eigenvalue weighted by atomic mass is 16.3. The lowest BCUT2D eigenvalue weighted by Crippen LogP contribution is -2.34. The van der Waals surface area contributed by atoms with Crippen molar-refractivity contribution in [2.75, 3.05) is 6.54 Å². The van der Waals surface area contributed by atoms with E-state index in [1.807, 2.05) is 26.8 Å². The van der Waals surface area contributed by atoms with Gasteiger partial charge in [0.2, 0.25) is 0 Å². The molecule has 0 aliphatic heterocycles. The van der Waals surface area contributed by atoms with Gasteiger partial charge in [0.1, 0.15) is 5.69 Å². The number of hydrogen-bond donors (Lipinski definition) is 2. The number of nitrogens with one attached hydrogen (secondary N) is 1. The van der Waals surface area contributed by atoms with Gasteiger partial charge in [0, 0.05) is 13.1 Å². The summed E-state index contributed by atoms with van der Waals surface area (Å²) in [5, 5.41) is 17.0. The van der Waals surface area contributed by atoms with Crippen molar-refractivity contribution >= 4 is 5.91 Å². The highest BCUT2D eigenvalue weighted by molar-refractivity contribution is 5.92. The fourth-order valence-corrected chi connectivity index (χ4v) is 2.07. The molecule has 0 saturated heterocycles. The van der Waals surface area contributed by atoms with E-state index in [1.165, 1.54) is 0 Å². The third kappa shape index (κ3) is 4.63. The van der Waals surface area contributed by atoms with E-state index in [9.17, 15) is 9.90 Å². The number of aryl methyl sites for hydroxylation is 1. The summed E-state index contributed by atoms with van der Waals surface area (Å²) >= 11 is 0. The van der Waals surface area contributed by atoms with Gasteiger partial charge in [-0.2, -0.15) is 5.10 Å². The Morgan fingerprint density at radius 3 is 2.55 bits per heavy atom. The van der Waals surface area contributed by atoms with Crippen LogP contribution in [0.5, 0.6) is 0 Å². The minimum Gasteiger partial charge on any atom is -0.391 e. The molecule has 5 nitrogen and oxygen atoms in total. The summed E-state index contributed by atoms with van der Waals surface area (Å²) < 4.78 is 1.71. The zero-order valence-corrected chi connectivity index (χ0v) is 13.2.